The van der Waals surface area contributed by atoms with Crippen molar-refractivity contribution in [2.24, 2.45) is 0 Å². The number of carbonyl (C=O) groups is 1. The summed E-state index contributed by atoms with van der Waals surface area (Å²) in [5.41, 5.74) is 0.307. The van der Waals surface area contributed by atoms with Crippen molar-refractivity contribution in [3.63, 3.8) is 0 Å². The van der Waals surface area contributed by atoms with Gasteiger partial charge in [0.05, 0.1) is 22.7 Å². The molecule has 0 saturated carbocycles. The van der Waals surface area contributed by atoms with Crippen molar-refractivity contribution in [1.82, 2.24) is 4.81 Å². The summed E-state index contributed by atoms with van der Waals surface area (Å²) in [6.07, 6.45) is 0. The Morgan fingerprint density at radius 1 is 1.42 bits per heavy atom. The van der Waals surface area contributed by atoms with E-state index in [1.165, 1.54) is 7.11 Å². The average Bonchev–Trinajstić information content (AvgIpc) is 2.40. The lowest BCUT2D eigenvalue weighted by Gasteiger charge is -2.14. The number of carbonyl (C=O) groups excluding carboxylic acids is 1. The van der Waals surface area contributed by atoms with Crippen LogP contribution in [-0.2, 0) is 0 Å². The SMILES string of the molecule is [B]N(CC)CCSC(=O)c1c(Cl)ccc(Cl)c1OC. The molecule has 0 unspecified atom stereocenters. The molecule has 0 spiro atoms. The molecule has 0 atom stereocenters. The highest BCUT2D eigenvalue weighted by atomic mass is 35.5. The molecule has 0 aliphatic rings. The van der Waals surface area contributed by atoms with Gasteiger partial charge in [0, 0.05) is 5.75 Å². The zero-order valence-electron chi connectivity index (χ0n) is 10.8. The number of halogens is 2. The highest BCUT2D eigenvalue weighted by Gasteiger charge is 2.19. The number of hydrogen-bond acceptors (Lipinski definition) is 4. The number of methoxy groups -OCH3 is 1. The first kappa shape index (κ1) is 16.7. The Labute approximate surface area is 129 Å². The van der Waals surface area contributed by atoms with E-state index in [0.29, 0.717) is 33.7 Å². The van der Waals surface area contributed by atoms with Crippen molar-refractivity contribution in [2.75, 3.05) is 26.0 Å². The maximum Gasteiger partial charge on any atom is 0.224 e. The second-order valence-corrected chi connectivity index (χ2v) is 5.58. The molecule has 7 heteroatoms. The third kappa shape index (κ3) is 4.60. The Balaban J connectivity index is 2.79. The number of benzene rings is 1. The highest BCUT2D eigenvalue weighted by Crippen LogP contribution is 2.36. The standard InChI is InChI=1S/C12H14BCl2NO2S/c1-3-16(13)6-7-19-12(17)10-8(14)4-5-9(15)11(10)18-2/h4-5H,3,6-7H2,1-2H3. The molecule has 0 bridgehead atoms. The molecule has 0 aliphatic heterocycles. The van der Waals surface area contributed by atoms with Crippen LogP contribution in [0.25, 0.3) is 0 Å². The number of thioether (sulfide) groups is 1. The van der Waals surface area contributed by atoms with E-state index in [9.17, 15) is 4.79 Å². The van der Waals surface area contributed by atoms with E-state index in [4.69, 9.17) is 35.9 Å². The lowest BCUT2D eigenvalue weighted by atomic mass is 10.2. The molecule has 3 nitrogen and oxygen atoms in total. The van der Waals surface area contributed by atoms with Crippen LogP contribution in [0.1, 0.15) is 17.3 Å². The molecule has 0 amide bonds. The van der Waals surface area contributed by atoms with Gasteiger partial charge in [0.15, 0.2) is 13.7 Å². The van der Waals surface area contributed by atoms with Crippen LogP contribution in [0.15, 0.2) is 12.1 Å². The minimum Gasteiger partial charge on any atom is -0.494 e. The third-order valence-electron chi connectivity index (χ3n) is 2.48. The van der Waals surface area contributed by atoms with Gasteiger partial charge < -0.3 is 9.55 Å². The number of rotatable bonds is 6. The van der Waals surface area contributed by atoms with Crippen LogP contribution in [0.4, 0.5) is 0 Å². The number of hydrogen-bond donors (Lipinski definition) is 0. The monoisotopic (exact) mass is 317 g/mol. The molecule has 0 aliphatic carbocycles. The molecule has 1 rings (SSSR count). The Kier molecular flexibility index (Phi) is 7.07. The van der Waals surface area contributed by atoms with Gasteiger partial charge in [-0.05, 0) is 25.2 Å². The van der Waals surface area contributed by atoms with Gasteiger partial charge in [0.1, 0.15) is 0 Å². The Bertz CT molecular complexity index is 460. The minimum absolute atomic E-state index is 0.172. The normalized spacial score (nSPS) is 10.8. The van der Waals surface area contributed by atoms with E-state index in [2.05, 4.69) is 0 Å². The fraction of sp³-hybridized carbons (Fsp3) is 0.417. The van der Waals surface area contributed by atoms with E-state index < -0.39 is 0 Å². The highest BCUT2D eigenvalue weighted by molar-refractivity contribution is 8.14. The quantitative estimate of drug-likeness (QED) is 0.753. The second-order valence-electron chi connectivity index (χ2n) is 3.70. The van der Waals surface area contributed by atoms with E-state index in [0.717, 1.165) is 18.3 Å². The van der Waals surface area contributed by atoms with Crippen LogP contribution in [0, 0.1) is 0 Å². The molecule has 19 heavy (non-hydrogen) atoms. The maximum atomic E-state index is 12.1. The van der Waals surface area contributed by atoms with Crippen molar-refractivity contribution in [2.45, 2.75) is 6.92 Å². The first-order chi connectivity index (χ1) is 9.01. The number of nitrogens with zero attached hydrogens (tertiary/aromatic N) is 1. The van der Waals surface area contributed by atoms with Gasteiger partial charge in [-0.1, -0.05) is 41.9 Å². The van der Waals surface area contributed by atoms with Gasteiger partial charge in [-0.2, -0.15) is 0 Å². The first-order valence-electron chi connectivity index (χ1n) is 5.70. The lowest BCUT2D eigenvalue weighted by molar-refractivity contribution is 0.108. The fourth-order valence-electron chi connectivity index (χ4n) is 1.41. The van der Waals surface area contributed by atoms with Gasteiger partial charge >= 0.3 is 0 Å². The van der Waals surface area contributed by atoms with Crippen LogP contribution in [0.2, 0.25) is 10.0 Å². The smallest absolute Gasteiger partial charge is 0.224 e. The van der Waals surface area contributed by atoms with Crippen molar-refractivity contribution in [3.05, 3.63) is 27.7 Å². The lowest BCUT2D eigenvalue weighted by Crippen LogP contribution is -2.22. The Morgan fingerprint density at radius 2 is 2.05 bits per heavy atom. The Morgan fingerprint density at radius 3 is 2.63 bits per heavy atom. The predicted octanol–water partition coefficient (Wildman–Crippen LogP) is 3.28. The predicted molar refractivity (Wildman–Crippen MR) is 82.8 cm³/mol. The van der Waals surface area contributed by atoms with E-state index >= 15 is 0 Å². The van der Waals surface area contributed by atoms with Crippen molar-refractivity contribution in [1.29, 1.82) is 0 Å². The summed E-state index contributed by atoms with van der Waals surface area (Å²) >= 11 is 13.2. The molecule has 102 valence electrons. The summed E-state index contributed by atoms with van der Waals surface area (Å²) in [4.78, 5) is 13.8. The van der Waals surface area contributed by atoms with E-state index in [1.807, 2.05) is 6.92 Å². The zero-order valence-corrected chi connectivity index (χ0v) is 13.1. The van der Waals surface area contributed by atoms with Crippen molar-refractivity contribution in [3.8, 4) is 5.75 Å². The topological polar surface area (TPSA) is 29.5 Å². The van der Waals surface area contributed by atoms with Gasteiger partial charge in [0.25, 0.3) is 0 Å². The first-order valence-corrected chi connectivity index (χ1v) is 7.44. The summed E-state index contributed by atoms with van der Waals surface area (Å²) in [6, 6.07) is 3.18. The summed E-state index contributed by atoms with van der Waals surface area (Å²) in [6.45, 7) is 3.30. The maximum absolute atomic E-state index is 12.1. The summed E-state index contributed by atoms with van der Waals surface area (Å²) in [7, 11) is 7.10. The van der Waals surface area contributed by atoms with Crippen molar-refractivity contribution >= 4 is 48.1 Å². The molecule has 1 aromatic carbocycles. The van der Waals surface area contributed by atoms with E-state index in [1.54, 1.807) is 16.9 Å². The van der Waals surface area contributed by atoms with Crippen LogP contribution >= 0.6 is 35.0 Å². The van der Waals surface area contributed by atoms with E-state index in [-0.39, 0.29) is 5.12 Å². The Hall–Kier alpha value is -0.355. The zero-order chi connectivity index (χ0) is 14.4. The molecule has 0 N–H and O–H groups in total. The van der Waals surface area contributed by atoms with Crippen molar-refractivity contribution < 1.29 is 9.53 Å². The van der Waals surface area contributed by atoms with Gasteiger partial charge in [0.2, 0.25) is 5.12 Å². The second kappa shape index (κ2) is 8.05. The molecule has 1 aromatic rings. The molecule has 2 radical (unpaired) electrons. The minimum atomic E-state index is -0.172. The fourth-order valence-corrected chi connectivity index (χ4v) is 2.79. The summed E-state index contributed by atoms with van der Waals surface area (Å²) in [5.74, 6) is 0.890. The average molecular weight is 318 g/mol. The van der Waals surface area contributed by atoms with Gasteiger partial charge in [-0.3, -0.25) is 4.79 Å². The van der Waals surface area contributed by atoms with Gasteiger partial charge in [-0.25, -0.2) is 0 Å². The molecular weight excluding hydrogens is 304 g/mol. The summed E-state index contributed by atoms with van der Waals surface area (Å²) < 4.78 is 5.14. The van der Waals surface area contributed by atoms with Crippen LogP contribution in [0.5, 0.6) is 5.75 Å². The molecule has 0 saturated heterocycles. The molecular formula is C12H14BCl2NO2S. The van der Waals surface area contributed by atoms with Gasteiger partial charge in [-0.15, -0.1) is 0 Å². The molecule has 0 heterocycles. The van der Waals surface area contributed by atoms with Crippen LogP contribution in [-0.4, -0.2) is 43.9 Å². The third-order valence-corrected chi connectivity index (χ3v) is 3.95. The largest absolute Gasteiger partial charge is 0.494 e. The van der Waals surface area contributed by atoms with Crippen LogP contribution < -0.4 is 4.74 Å². The summed E-state index contributed by atoms with van der Waals surface area (Å²) in [5, 5.41) is 0.526. The molecule has 0 fully saturated rings. The molecule has 0 aromatic heterocycles. The number of ether oxygens (including phenoxy) is 1. The van der Waals surface area contributed by atoms with Crippen LogP contribution in [0.3, 0.4) is 0 Å².